The van der Waals surface area contributed by atoms with Crippen molar-refractivity contribution in [3.63, 3.8) is 0 Å². The zero-order chi connectivity index (χ0) is 15.4. The first kappa shape index (κ1) is 14.1. The summed E-state index contributed by atoms with van der Waals surface area (Å²) in [5.74, 6) is -0.0212. The quantitative estimate of drug-likeness (QED) is 0.801. The molecule has 1 aliphatic heterocycles. The van der Waals surface area contributed by atoms with Gasteiger partial charge < -0.3 is 18.6 Å². The van der Waals surface area contributed by atoms with E-state index >= 15 is 0 Å². The monoisotopic (exact) mass is 302 g/mol. The van der Waals surface area contributed by atoms with Gasteiger partial charge >= 0.3 is 5.97 Å². The smallest absolute Gasteiger partial charge is 0.377 e. The summed E-state index contributed by atoms with van der Waals surface area (Å²) >= 11 is 0. The van der Waals surface area contributed by atoms with Crippen molar-refractivity contribution >= 4 is 5.97 Å². The lowest BCUT2D eigenvalue weighted by atomic mass is 10.2. The fraction of sp³-hybridized carbons (Fsp3) is 0.267. The molecule has 114 valence electrons. The van der Waals surface area contributed by atoms with E-state index in [2.05, 4.69) is 10.2 Å². The first-order valence-electron chi connectivity index (χ1n) is 6.78. The second kappa shape index (κ2) is 6.30. The number of hydrogen-bond donors (Lipinski definition) is 0. The third kappa shape index (κ3) is 3.08. The van der Waals surface area contributed by atoms with E-state index in [1.165, 1.54) is 6.26 Å². The minimum Gasteiger partial charge on any atom is -0.493 e. The molecule has 1 aliphatic rings. The average molecular weight is 302 g/mol. The summed E-state index contributed by atoms with van der Waals surface area (Å²) in [5, 5.41) is 7.85. The van der Waals surface area contributed by atoms with Gasteiger partial charge in [0.25, 0.3) is 5.89 Å². The molecule has 1 atom stereocenters. The summed E-state index contributed by atoms with van der Waals surface area (Å²) in [6, 6.07) is 9.34. The zero-order valence-electron chi connectivity index (χ0n) is 11.9. The lowest BCUT2D eigenvalue weighted by molar-refractivity contribution is -0.150. The standard InChI is InChI=1S/C15H14N2O5/c1-10(21-15(18)12-9-19-7-8-20-12)13-16-17-14(22-13)11-5-3-2-4-6-11/h2-6,9-10H,7-8H2,1H3/t10-/m0/s1. The summed E-state index contributed by atoms with van der Waals surface area (Å²) in [4.78, 5) is 11.9. The van der Waals surface area contributed by atoms with Crippen LogP contribution in [0.3, 0.4) is 0 Å². The lowest BCUT2D eigenvalue weighted by Crippen LogP contribution is -2.18. The molecule has 22 heavy (non-hydrogen) atoms. The molecule has 7 nitrogen and oxygen atoms in total. The fourth-order valence-corrected chi connectivity index (χ4v) is 1.84. The maximum atomic E-state index is 11.9. The third-order valence-electron chi connectivity index (χ3n) is 2.94. The largest absolute Gasteiger partial charge is 0.493 e. The molecule has 0 saturated heterocycles. The van der Waals surface area contributed by atoms with Crippen molar-refractivity contribution in [1.29, 1.82) is 0 Å². The fourth-order valence-electron chi connectivity index (χ4n) is 1.84. The van der Waals surface area contributed by atoms with Crippen molar-refractivity contribution in [1.82, 2.24) is 10.2 Å². The number of benzene rings is 1. The van der Waals surface area contributed by atoms with Crippen molar-refractivity contribution in [3.8, 4) is 11.5 Å². The number of hydrogen-bond acceptors (Lipinski definition) is 7. The van der Waals surface area contributed by atoms with Gasteiger partial charge in [-0.25, -0.2) is 4.79 Å². The summed E-state index contributed by atoms with van der Waals surface area (Å²) in [6.07, 6.45) is 0.547. The predicted octanol–water partition coefficient (Wildman–Crippen LogP) is 2.23. The van der Waals surface area contributed by atoms with E-state index < -0.39 is 12.1 Å². The Bertz CT molecular complexity index is 680. The molecule has 1 aromatic carbocycles. The molecule has 3 rings (SSSR count). The molecule has 2 aromatic rings. The molecule has 0 fully saturated rings. The topological polar surface area (TPSA) is 83.7 Å². The van der Waals surface area contributed by atoms with Crippen molar-refractivity contribution in [2.75, 3.05) is 13.2 Å². The zero-order valence-corrected chi connectivity index (χ0v) is 11.9. The van der Waals surface area contributed by atoms with Gasteiger partial charge in [-0.15, -0.1) is 10.2 Å². The minimum atomic E-state index is -0.691. The van der Waals surface area contributed by atoms with E-state index in [9.17, 15) is 4.79 Å². The highest BCUT2D eigenvalue weighted by Gasteiger charge is 2.23. The van der Waals surface area contributed by atoms with E-state index in [1.807, 2.05) is 30.3 Å². The van der Waals surface area contributed by atoms with Gasteiger partial charge in [-0.3, -0.25) is 0 Å². The van der Waals surface area contributed by atoms with Crippen LogP contribution < -0.4 is 0 Å². The van der Waals surface area contributed by atoms with Gasteiger partial charge in [-0.05, 0) is 19.1 Å². The van der Waals surface area contributed by atoms with Gasteiger partial charge in [-0.2, -0.15) is 0 Å². The second-order valence-corrected chi connectivity index (χ2v) is 4.56. The SMILES string of the molecule is C[C@H](OC(=O)C1=COCCO1)c1nnc(-c2ccccc2)o1. The Morgan fingerprint density at radius 3 is 2.77 bits per heavy atom. The van der Waals surface area contributed by atoms with E-state index in [0.29, 0.717) is 19.1 Å². The van der Waals surface area contributed by atoms with Crippen LogP contribution in [0.25, 0.3) is 11.5 Å². The Hall–Kier alpha value is -2.83. The number of carbonyl (C=O) groups excluding carboxylic acids is 1. The van der Waals surface area contributed by atoms with Crippen LogP contribution >= 0.6 is 0 Å². The summed E-state index contributed by atoms with van der Waals surface area (Å²) < 4.78 is 20.9. The summed E-state index contributed by atoms with van der Waals surface area (Å²) in [6.45, 7) is 2.37. The second-order valence-electron chi connectivity index (χ2n) is 4.56. The number of ether oxygens (including phenoxy) is 3. The molecule has 0 radical (unpaired) electrons. The van der Waals surface area contributed by atoms with E-state index in [-0.39, 0.29) is 11.6 Å². The highest BCUT2D eigenvalue weighted by atomic mass is 16.6. The van der Waals surface area contributed by atoms with Gasteiger partial charge in [0.05, 0.1) is 0 Å². The van der Waals surface area contributed by atoms with Gasteiger partial charge in [-0.1, -0.05) is 18.2 Å². The predicted molar refractivity (Wildman–Crippen MR) is 74.2 cm³/mol. The van der Waals surface area contributed by atoms with Gasteiger partial charge in [0.2, 0.25) is 11.6 Å². The Labute approximate surface area is 126 Å². The number of rotatable bonds is 4. The highest BCUT2D eigenvalue weighted by Crippen LogP contribution is 2.23. The Morgan fingerprint density at radius 1 is 1.23 bits per heavy atom. The highest BCUT2D eigenvalue weighted by molar-refractivity contribution is 5.86. The van der Waals surface area contributed by atoms with E-state index in [4.69, 9.17) is 18.6 Å². The lowest BCUT2D eigenvalue weighted by Gasteiger charge is -2.15. The Kier molecular flexibility index (Phi) is 4.04. The maximum Gasteiger partial charge on any atom is 0.377 e. The first-order valence-corrected chi connectivity index (χ1v) is 6.78. The normalized spacial score (nSPS) is 15.2. The molecule has 0 saturated carbocycles. The minimum absolute atomic E-state index is 0.0286. The number of carbonyl (C=O) groups is 1. The molecule has 2 heterocycles. The van der Waals surface area contributed by atoms with Crippen LogP contribution in [0, 0.1) is 0 Å². The van der Waals surface area contributed by atoms with Gasteiger partial charge in [0.15, 0.2) is 6.10 Å². The molecule has 0 spiro atoms. The molecule has 0 amide bonds. The molecular weight excluding hydrogens is 288 g/mol. The van der Waals surface area contributed by atoms with Crippen LogP contribution in [0.2, 0.25) is 0 Å². The maximum absolute atomic E-state index is 11.9. The summed E-state index contributed by atoms with van der Waals surface area (Å²) in [5.41, 5.74) is 0.798. The van der Waals surface area contributed by atoms with Crippen LogP contribution in [0.5, 0.6) is 0 Å². The van der Waals surface area contributed by atoms with Crippen molar-refractivity contribution < 1.29 is 23.4 Å². The molecule has 0 unspecified atom stereocenters. The van der Waals surface area contributed by atoms with Crippen LogP contribution in [-0.4, -0.2) is 29.4 Å². The van der Waals surface area contributed by atoms with Crippen LogP contribution in [0.1, 0.15) is 18.9 Å². The van der Waals surface area contributed by atoms with Gasteiger partial charge in [0.1, 0.15) is 19.5 Å². The van der Waals surface area contributed by atoms with Crippen LogP contribution in [0.15, 0.2) is 46.8 Å². The van der Waals surface area contributed by atoms with Crippen molar-refractivity contribution in [3.05, 3.63) is 48.2 Å². The number of aromatic nitrogens is 2. The Balaban J connectivity index is 1.68. The molecule has 0 aliphatic carbocycles. The van der Waals surface area contributed by atoms with Crippen molar-refractivity contribution in [2.45, 2.75) is 13.0 Å². The van der Waals surface area contributed by atoms with Crippen LogP contribution in [-0.2, 0) is 19.0 Å². The number of nitrogens with zero attached hydrogens (tertiary/aromatic N) is 2. The molecule has 0 N–H and O–H groups in total. The number of esters is 1. The average Bonchev–Trinajstić information content (AvgIpc) is 3.06. The van der Waals surface area contributed by atoms with Crippen molar-refractivity contribution in [2.24, 2.45) is 0 Å². The summed E-state index contributed by atoms with van der Waals surface area (Å²) in [7, 11) is 0. The Morgan fingerprint density at radius 2 is 2.05 bits per heavy atom. The molecule has 7 heteroatoms. The third-order valence-corrected chi connectivity index (χ3v) is 2.94. The first-order chi connectivity index (χ1) is 10.7. The van der Waals surface area contributed by atoms with Crippen LogP contribution in [0.4, 0.5) is 0 Å². The molecule has 1 aromatic heterocycles. The van der Waals surface area contributed by atoms with E-state index in [1.54, 1.807) is 6.92 Å². The molecule has 0 bridgehead atoms. The molecular formula is C15H14N2O5. The van der Waals surface area contributed by atoms with E-state index in [0.717, 1.165) is 5.56 Å². The van der Waals surface area contributed by atoms with Gasteiger partial charge in [0, 0.05) is 5.56 Å².